The van der Waals surface area contributed by atoms with Crippen LogP contribution in [0.1, 0.15) is 22.5 Å². The van der Waals surface area contributed by atoms with Crippen molar-refractivity contribution < 1.29 is 5.21 Å². The summed E-state index contributed by atoms with van der Waals surface area (Å²) in [5, 5.41) is 12.6. The lowest BCUT2D eigenvalue weighted by molar-refractivity contribution is 0.318. The third kappa shape index (κ3) is 3.54. The summed E-state index contributed by atoms with van der Waals surface area (Å²) in [6.45, 7) is 5.92. The first-order valence-corrected chi connectivity index (χ1v) is 7.80. The van der Waals surface area contributed by atoms with Gasteiger partial charge in [-0.2, -0.15) is 0 Å². The van der Waals surface area contributed by atoms with Gasteiger partial charge in [0.15, 0.2) is 11.0 Å². The van der Waals surface area contributed by atoms with Crippen LogP contribution in [0.4, 0.5) is 0 Å². The largest absolute Gasteiger partial charge is 0.409 e. The van der Waals surface area contributed by atoms with Gasteiger partial charge in [0.1, 0.15) is 0 Å². The Morgan fingerprint density at radius 2 is 1.86 bits per heavy atom. The van der Waals surface area contributed by atoms with Crippen LogP contribution in [0, 0.1) is 20.8 Å². The number of amidine groups is 1. The maximum atomic E-state index is 8.90. The highest BCUT2D eigenvalue weighted by molar-refractivity contribution is 9.10. The highest BCUT2D eigenvalue weighted by Gasteiger charge is 2.12. The van der Waals surface area contributed by atoms with Gasteiger partial charge in [0.25, 0.3) is 0 Å². The molecule has 5 nitrogen and oxygen atoms in total. The number of aryl methyl sites for hydroxylation is 2. The maximum Gasteiger partial charge on any atom is 0.192 e. The van der Waals surface area contributed by atoms with E-state index >= 15 is 0 Å². The van der Waals surface area contributed by atoms with Crippen molar-refractivity contribution in [1.29, 1.82) is 0 Å². The van der Waals surface area contributed by atoms with E-state index in [0.717, 1.165) is 26.3 Å². The number of hydrogen-bond acceptors (Lipinski definition) is 5. The van der Waals surface area contributed by atoms with Crippen LogP contribution in [-0.2, 0) is 0 Å². The second-order valence-corrected chi connectivity index (χ2v) is 6.45. The first kappa shape index (κ1) is 15.8. The Morgan fingerprint density at radius 1 is 1.24 bits per heavy atom. The van der Waals surface area contributed by atoms with E-state index in [1.54, 1.807) is 6.07 Å². The molecule has 0 unspecified atom stereocenters. The summed E-state index contributed by atoms with van der Waals surface area (Å²) in [4.78, 5) is 9.78. The van der Waals surface area contributed by atoms with E-state index in [1.807, 2.05) is 32.9 Å². The van der Waals surface area contributed by atoms with Gasteiger partial charge in [0.2, 0.25) is 0 Å². The molecule has 0 fully saturated rings. The van der Waals surface area contributed by atoms with Gasteiger partial charge < -0.3 is 10.9 Å². The minimum atomic E-state index is 0.0550. The molecular formula is C14H15BrN4OS. The molecule has 2 rings (SSSR count). The Balaban J connectivity index is 2.45. The first-order chi connectivity index (χ1) is 9.92. The van der Waals surface area contributed by atoms with Crippen LogP contribution in [0.15, 0.2) is 37.9 Å². The predicted molar refractivity (Wildman–Crippen MR) is 87.0 cm³/mol. The van der Waals surface area contributed by atoms with Gasteiger partial charge in [0.05, 0.1) is 0 Å². The molecular weight excluding hydrogens is 352 g/mol. The average Bonchev–Trinajstić information content (AvgIpc) is 2.45. The van der Waals surface area contributed by atoms with Crippen molar-refractivity contribution in [1.82, 2.24) is 9.97 Å². The average molecular weight is 367 g/mol. The number of hydrogen-bond donors (Lipinski definition) is 2. The van der Waals surface area contributed by atoms with E-state index in [-0.39, 0.29) is 5.84 Å². The number of nitrogens with two attached hydrogens (primary N) is 1. The van der Waals surface area contributed by atoms with Gasteiger partial charge in [-0.3, -0.25) is 0 Å². The van der Waals surface area contributed by atoms with Gasteiger partial charge in [-0.15, -0.1) is 0 Å². The number of halogens is 1. The Bertz CT molecular complexity index is 695. The van der Waals surface area contributed by atoms with Crippen LogP contribution < -0.4 is 5.73 Å². The summed E-state index contributed by atoms with van der Waals surface area (Å²) in [5.74, 6) is 0.0550. The van der Waals surface area contributed by atoms with Gasteiger partial charge in [-0.25, -0.2) is 9.97 Å². The van der Waals surface area contributed by atoms with E-state index in [1.165, 1.54) is 11.8 Å². The molecule has 0 saturated heterocycles. The predicted octanol–water partition coefficient (Wildman–Crippen LogP) is 3.41. The normalized spacial score (nSPS) is 11.7. The van der Waals surface area contributed by atoms with E-state index in [4.69, 9.17) is 10.9 Å². The van der Waals surface area contributed by atoms with Crippen LogP contribution in [0.3, 0.4) is 0 Å². The molecule has 0 atom stereocenters. The van der Waals surface area contributed by atoms with Crippen LogP contribution >= 0.6 is 27.7 Å². The number of rotatable bonds is 3. The van der Waals surface area contributed by atoms with Gasteiger partial charge in [-0.05, 0) is 56.3 Å². The Labute approximate surface area is 135 Å². The van der Waals surface area contributed by atoms with Crippen molar-refractivity contribution in [3.8, 4) is 0 Å². The maximum absolute atomic E-state index is 8.90. The van der Waals surface area contributed by atoms with Crippen molar-refractivity contribution >= 4 is 33.5 Å². The van der Waals surface area contributed by atoms with Gasteiger partial charge >= 0.3 is 0 Å². The van der Waals surface area contributed by atoms with Crippen molar-refractivity contribution in [2.24, 2.45) is 10.9 Å². The summed E-state index contributed by atoms with van der Waals surface area (Å²) in [7, 11) is 0. The second-order valence-electron chi connectivity index (χ2n) is 4.53. The molecule has 0 bridgehead atoms. The van der Waals surface area contributed by atoms with Crippen LogP contribution in [-0.4, -0.2) is 21.0 Å². The fourth-order valence-corrected chi connectivity index (χ4v) is 3.06. The van der Waals surface area contributed by atoms with Crippen molar-refractivity contribution in [2.75, 3.05) is 0 Å². The number of benzene rings is 1. The molecule has 0 saturated carbocycles. The molecule has 0 aliphatic rings. The summed E-state index contributed by atoms with van der Waals surface area (Å²) in [5.41, 5.74) is 9.35. The SMILES string of the molecule is Cc1nc(Sc2ccc(Br)cc2/C(N)=N/O)nc(C)c1C. The number of oxime groups is 1. The number of aromatic nitrogens is 2. The molecule has 1 aromatic heterocycles. The lowest BCUT2D eigenvalue weighted by Crippen LogP contribution is -2.14. The third-order valence-corrected chi connectivity index (χ3v) is 4.57. The van der Waals surface area contributed by atoms with Crippen LogP contribution in [0.5, 0.6) is 0 Å². The summed E-state index contributed by atoms with van der Waals surface area (Å²) < 4.78 is 0.852. The summed E-state index contributed by atoms with van der Waals surface area (Å²) in [6.07, 6.45) is 0. The molecule has 0 radical (unpaired) electrons. The molecule has 0 spiro atoms. The van der Waals surface area contributed by atoms with Gasteiger partial charge in [0, 0.05) is 26.3 Å². The van der Waals surface area contributed by atoms with Crippen molar-refractivity contribution in [3.05, 3.63) is 45.2 Å². The summed E-state index contributed by atoms with van der Waals surface area (Å²) in [6, 6.07) is 5.58. The van der Waals surface area contributed by atoms with E-state index in [2.05, 4.69) is 31.1 Å². The van der Waals surface area contributed by atoms with E-state index in [0.29, 0.717) is 10.7 Å². The smallest absolute Gasteiger partial charge is 0.192 e. The van der Waals surface area contributed by atoms with Crippen LogP contribution in [0.25, 0.3) is 0 Å². The number of nitrogens with zero attached hydrogens (tertiary/aromatic N) is 3. The lowest BCUT2D eigenvalue weighted by Gasteiger charge is -2.10. The topological polar surface area (TPSA) is 84.4 Å². The fourth-order valence-electron chi connectivity index (χ4n) is 1.73. The fraction of sp³-hybridized carbons (Fsp3) is 0.214. The zero-order chi connectivity index (χ0) is 15.6. The molecule has 0 aliphatic heterocycles. The minimum Gasteiger partial charge on any atom is -0.409 e. The molecule has 2 aromatic rings. The van der Waals surface area contributed by atoms with E-state index < -0.39 is 0 Å². The molecule has 1 heterocycles. The molecule has 0 aliphatic carbocycles. The first-order valence-electron chi connectivity index (χ1n) is 6.19. The zero-order valence-corrected chi connectivity index (χ0v) is 14.3. The molecule has 1 aromatic carbocycles. The van der Waals surface area contributed by atoms with Crippen molar-refractivity contribution in [3.63, 3.8) is 0 Å². The molecule has 21 heavy (non-hydrogen) atoms. The molecule has 3 N–H and O–H groups in total. The van der Waals surface area contributed by atoms with Gasteiger partial charge in [-0.1, -0.05) is 21.1 Å². The molecule has 0 amide bonds. The lowest BCUT2D eigenvalue weighted by atomic mass is 10.2. The van der Waals surface area contributed by atoms with E-state index in [9.17, 15) is 0 Å². The Hall–Kier alpha value is -1.60. The minimum absolute atomic E-state index is 0.0550. The summed E-state index contributed by atoms with van der Waals surface area (Å²) >= 11 is 4.77. The Kier molecular flexibility index (Phi) is 4.84. The van der Waals surface area contributed by atoms with Crippen LogP contribution in [0.2, 0.25) is 0 Å². The third-order valence-electron chi connectivity index (χ3n) is 3.14. The Morgan fingerprint density at radius 3 is 2.43 bits per heavy atom. The molecule has 7 heteroatoms. The highest BCUT2D eigenvalue weighted by atomic mass is 79.9. The highest BCUT2D eigenvalue weighted by Crippen LogP contribution is 2.30. The monoisotopic (exact) mass is 366 g/mol. The molecule has 110 valence electrons. The zero-order valence-electron chi connectivity index (χ0n) is 11.9. The standard InChI is InChI=1S/C14H15BrN4OS/c1-7-8(2)17-14(18-9(7)3)21-12-5-4-10(15)6-11(12)13(16)19-20/h4-6,20H,1-3H3,(H2,16,19). The second kappa shape index (κ2) is 6.44. The van der Waals surface area contributed by atoms with Crippen molar-refractivity contribution in [2.45, 2.75) is 30.8 Å². The quantitative estimate of drug-likeness (QED) is 0.286.